The summed E-state index contributed by atoms with van der Waals surface area (Å²) in [6, 6.07) is 12.0. The molecule has 3 N–H and O–H groups in total. The van der Waals surface area contributed by atoms with Crippen molar-refractivity contribution in [1.29, 1.82) is 0 Å². The summed E-state index contributed by atoms with van der Waals surface area (Å²) in [5.74, 6) is 1.86. The Hall–Kier alpha value is -2.58. The minimum absolute atomic E-state index is 0.00812. The molecule has 0 bridgehead atoms. The molecule has 198 valence electrons. The average Bonchev–Trinajstić information content (AvgIpc) is 3.48. The number of rotatable bonds is 4. The van der Waals surface area contributed by atoms with Crippen LogP contribution >= 0.6 is 0 Å². The van der Waals surface area contributed by atoms with Gasteiger partial charge in [-0.25, -0.2) is 18.4 Å². The number of carbonyl (C=O) groups excluding carboxylic acids is 1. The molecule has 0 amide bonds. The lowest BCUT2D eigenvalue weighted by Crippen LogP contribution is -2.47. The number of esters is 1. The number of hydrogen-bond donors (Lipinski definition) is 2. The number of aryl methyl sites for hydroxylation is 1. The van der Waals surface area contributed by atoms with Crippen LogP contribution in [0.4, 0.5) is 5.69 Å². The number of primary sulfonamides is 1. The van der Waals surface area contributed by atoms with Gasteiger partial charge in [0.1, 0.15) is 17.9 Å². The lowest BCUT2D eigenvalue weighted by molar-refractivity contribution is -0.159. The van der Waals surface area contributed by atoms with Crippen LogP contribution < -0.4 is 10.0 Å². The number of nitrogens with two attached hydrogens (primary N) is 1. The number of carbonyl (C=O) groups is 1. The minimum Gasteiger partial charge on any atom is -0.508 e. The lowest BCUT2D eigenvalue weighted by atomic mass is 9.55. The second-order valence-corrected chi connectivity index (χ2v) is 13.3. The number of sulfonamides is 1. The zero-order valence-electron chi connectivity index (χ0n) is 21.3. The fourth-order valence-electron chi connectivity index (χ4n) is 8.08. The topological polar surface area (TPSA) is 110 Å². The molecule has 3 aliphatic carbocycles. The summed E-state index contributed by atoms with van der Waals surface area (Å²) in [6.07, 6.45) is 7.82. The molecule has 6 atom stereocenters. The normalized spacial score (nSPS) is 32.9. The zero-order chi connectivity index (χ0) is 25.9. The van der Waals surface area contributed by atoms with Crippen molar-refractivity contribution in [2.24, 2.45) is 22.4 Å². The molecule has 6 unspecified atom stereocenters. The van der Waals surface area contributed by atoms with Crippen molar-refractivity contribution in [3.05, 3.63) is 53.6 Å². The summed E-state index contributed by atoms with van der Waals surface area (Å²) in [5, 5.41) is 15.2. The van der Waals surface area contributed by atoms with E-state index in [1.807, 2.05) is 17.0 Å². The van der Waals surface area contributed by atoms with Crippen molar-refractivity contribution in [3.63, 3.8) is 0 Å². The molecule has 0 radical (unpaired) electrons. The Morgan fingerprint density at radius 3 is 2.62 bits per heavy atom. The Labute approximate surface area is 219 Å². The van der Waals surface area contributed by atoms with E-state index >= 15 is 0 Å². The molecule has 3 fully saturated rings. The maximum Gasteiger partial charge on any atom is 0.329 e. The van der Waals surface area contributed by atoms with Crippen LogP contribution in [0.25, 0.3) is 0 Å². The second kappa shape index (κ2) is 9.02. The van der Waals surface area contributed by atoms with Gasteiger partial charge in [0.2, 0.25) is 10.0 Å². The number of anilines is 1. The maximum absolute atomic E-state index is 13.5. The van der Waals surface area contributed by atoms with E-state index in [1.54, 1.807) is 12.1 Å². The number of phenolic OH excluding ortho intramolecular Hbond substituents is 1. The number of ether oxygens (including phenoxy) is 1. The molecule has 7 nitrogen and oxygen atoms in total. The molecule has 6 rings (SSSR count). The molecule has 8 heteroatoms. The molecule has 2 aromatic rings. The molecular weight excluding hydrogens is 488 g/mol. The summed E-state index contributed by atoms with van der Waals surface area (Å²) in [5.41, 5.74) is 3.51. The van der Waals surface area contributed by atoms with Gasteiger partial charge in [0, 0.05) is 17.6 Å². The SMILES string of the molecule is CC12CCC3c4ccc(O)cc4CCC3C1CCC2OC(=O)C1CCCN1c1ccc(S(N)(=O)=O)cc1. The lowest BCUT2D eigenvalue weighted by Gasteiger charge is -2.50. The van der Waals surface area contributed by atoms with E-state index in [9.17, 15) is 18.3 Å². The molecular formula is C29H36N2O5S. The van der Waals surface area contributed by atoms with E-state index < -0.39 is 10.0 Å². The molecule has 1 heterocycles. The summed E-state index contributed by atoms with van der Waals surface area (Å²) in [6.45, 7) is 3.07. The predicted molar refractivity (Wildman–Crippen MR) is 141 cm³/mol. The first-order chi connectivity index (χ1) is 17.6. The molecule has 4 aliphatic rings. The van der Waals surface area contributed by atoms with Gasteiger partial charge in [0.15, 0.2) is 0 Å². The summed E-state index contributed by atoms with van der Waals surface area (Å²) in [7, 11) is -3.76. The Balaban J connectivity index is 1.16. The number of aromatic hydroxyl groups is 1. The molecule has 1 aliphatic heterocycles. The van der Waals surface area contributed by atoms with E-state index in [0.29, 0.717) is 23.5 Å². The largest absolute Gasteiger partial charge is 0.508 e. The Morgan fingerprint density at radius 2 is 1.86 bits per heavy atom. The number of fused-ring (bicyclic) bond motifs is 5. The molecule has 0 aromatic heterocycles. The highest BCUT2D eigenvalue weighted by molar-refractivity contribution is 7.89. The highest BCUT2D eigenvalue weighted by atomic mass is 32.2. The van der Waals surface area contributed by atoms with Gasteiger partial charge in [-0.15, -0.1) is 0 Å². The van der Waals surface area contributed by atoms with Crippen LogP contribution in [0.3, 0.4) is 0 Å². The Bertz CT molecular complexity index is 1310. The minimum atomic E-state index is -3.76. The van der Waals surface area contributed by atoms with Gasteiger partial charge in [-0.1, -0.05) is 13.0 Å². The van der Waals surface area contributed by atoms with Crippen LogP contribution in [0.5, 0.6) is 5.75 Å². The summed E-state index contributed by atoms with van der Waals surface area (Å²) < 4.78 is 29.6. The standard InChI is InChI=1S/C29H36N2O5S/c1-29-15-14-23-22-11-7-20(32)17-18(22)4-10-24(23)25(29)12-13-27(29)36-28(33)26-3-2-16-31(26)19-5-8-21(9-6-19)37(30,34)35/h5-9,11,17,23-27,32H,2-4,10,12-16H2,1H3,(H2,30,34,35). The van der Waals surface area contributed by atoms with E-state index in [-0.39, 0.29) is 28.4 Å². The van der Waals surface area contributed by atoms with Crippen molar-refractivity contribution < 1.29 is 23.1 Å². The van der Waals surface area contributed by atoms with Gasteiger partial charge in [-0.3, -0.25) is 0 Å². The first kappa shape index (κ1) is 24.7. The van der Waals surface area contributed by atoms with Crippen molar-refractivity contribution in [3.8, 4) is 5.75 Å². The Kier molecular flexibility index (Phi) is 6.03. The van der Waals surface area contributed by atoms with E-state index in [4.69, 9.17) is 9.88 Å². The third kappa shape index (κ3) is 4.22. The molecule has 37 heavy (non-hydrogen) atoms. The van der Waals surface area contributed by atoms with Crippen LogP contribution in [-0.4, -0.2) is 38.2 Å². The second-order valence-electron chi connectivity index (χ2n) is 11.7. The van der Waals surface area contributed by atoms with Crippen molar-refractivity contribution in [2.45, 2.75) is 81.2 Å². The molecule has 2 aromatic carbocycles. The fourth-order valence-corrected chi connectivity index (χ4v) is 8.60. The van der Waals surface area contributed by atoms with Gasteiger partial charge in [0.05, 0.1) is 4.90 Å². The fraction of sp³-hybridized carbons (Fsp3) is 0.552. The van der Waals surface area contributed by atoms with E-state index in [0.717, 1.165) is 63.6 Å². The highest BCUT2D eigenvalue weighted by Crippen LogP contribution is 2.61. The van der Waals surface area contributed by atoms with Crippen LogP contribution in [0, 0.1) is 17.3 Å². The zero-order valence-corrected chi connectivity index (χ0v) is 22.1. The van der Waals surface area contributed by atoms with Crippen molar-refractivity contribution in [2.75, 3.05) is 11.4 Å². The summed E-state index contributed by atoms with van der Waals surface area (Å²) >= 11 is 0. The highest BCUT2D eigenvalue weighted by Gasteiger charge is 2.56. The quantitative estimate of drug-likeness (QED) is 0.571. The van der Waals surface area contributed by atoms with Gasteiger partial charge >= 0.3 is 5.97 Å². The van der Waals surface area contributed by atoms with Gasteiger partial charge in [0.25, 0.3) is 0 Å². The van der Waals surface area contributed by atoms with Gasteiger partial charge < -0.3 is 14.7 Å². The van der Waals surface area contributed by atoms with Crippen LogP contribution in [0.15, 0.2) is 47.4 Å². The number of benzene rings is 2. The predicted octanol–water partition coefficient (Wildman–Crippen LogP) is 4.48. The average molecular weight is 525 g/mol. The smallest absolute Gasteiger partial charge is 0.329 e. The van der Waals surface area contributed by atoms with E-state index in [1.165, 1.54) is 23.3 Å². The van der Waals surface area contributed by atoms with Gasteiger partial charge in [-0.2, -0.15) is 0 Å². The monoisotopic (exact) mass is 524 g/mol. The molecule has 0 spiro atoms. The van der Waals surface area contributed by atoms with Gasteiger partial charge in [-0.05, 0) is 117 Å². The molecule has 1 saturated heterocycles. The third-order valence-electron chi connectivity index (χ3n) is 9.90. The summed E-state index contributed by atoms with van der Waals surface area (Å²) in [4.78, 5) is 15.6. The molecule has 2 saturated carbocycles. The number of hydrogen-bond acceptors (Lipinski definition) is 6. The maximum atomic E-state index is 13.5. The first-order valence-corrected chi connectivity index (χ1v) is 15.1. The Morgan fingerprint density at radius 1 is 1.08 bits per heavy atom. The van der Waals surface area contributed by atoms with E-state index in [2.05, 4.69) is 13.0 Å². The third-order valence-corrected chi connectivity index (χ3v) is 10.8. The van der Waals surface area contributed by atoms with Crippen molar-refractivity contribution >= 4 is 21.7 Å². The van der Waals surface area contributed by atoms with Crippen LogP contribution in [0.1, 0.15) is 68.9 Å². The number of nitrogens with zero attached hydrogens (tertiary/aromatic N) is 1. The van der Waals surface area contributed by atoms with Crippen LogP contribution in [0.2, 0.25) is 0 Å². The van der Waals surface area contributed by atoms with Crippen LogP contribution in [-0.2, 0) is 26.0 Å². The first-order valence-electron chi connectivity index (χ1n) is 13.6. The number of phenols is 1. The van der Waals surface area contributed by atoms with Crippen molar-refractivity contribution in [1.82, 2.24) is 0 Å².